The van der Waals surface area contributed by atoms with E-state index in [0.29, 0.717) is 28.1 Å². The molecular weight excluding hydrogens is 446 g/mol. The van der Waals surface area contributed by atoms with Gasteiger partial charge < -0.3 is 10.2 Å². The third-order valence-corrected chi connectivity index (χ3v) is 8.53. The number of rotatable bonds is 7. The molecule has 1 saturated carbocycles. The first-order chi connectivity index (χ1) is 16.3. The molecule has 34 heavy (non-hydrogen) atoms. The highest BCUT2D eigenvalue weighted by molar-refractivity contribution is 7.89. The molecule has 0 atom stereocenters. The fraction of sp³-hybridized carbons (Fsp3) is 0.370. The third kappa shape index (κ3) is 5.17. The minimum absolute atomic E-state index is 0.0642. The van der Waals surface area contributed by atoms with Crippen LogP contribution in [0, 0.1) is 6.92 Å². The van der Waals surface area contributed by atoms with Gasteiger partial charge >= 0.3 is 0 Å². The van der Waals surface area contributed by atoms with Gasteiger partial charge in [0.1, 0.15) is 0 Å². The van der Waals surface area contributed by atoms with Gasteiger partial charge in [0.05, 0.1) is 4.90 Å². The van der Waals surface area contributed by atoms with Crippen LogP contribution in [0.5, 0.6) is 0 Å². The van der Waals surface area contributed by atoms with Crippen molar-refractivity contribution in [3.05, 3.63) is 71.8 Å². The fourth-order valence-electron chi connectivity index (χ4n) is 4.81. The maximum absolute atomic E-state index is 13.4. The number of amides is 1. The first-order valence-electron chi connectivity index (χ1n) is 11.9. The monoisotopic (exact) mass is 479 g/mol. The lowest BCUT2D eigenvalue weighted by atomic mass is 9.91. The van der Waals surface area contributed by atoms with E-state index in [0.717, 1.165) is 37.8 Å². The maximum Gasteiger partial charge on any atom is 0.255 e. The van der Waals surface area contributed by atoms with E-state index in [4.69, 9.17) is 0 Å². The molecule has 3 aromatic rings. The Morgan fingerprint density at radius 1 is 0.941 bits per heavy atom. The Bertz CT molecular complexity index is 1280. The molecule has 1 fully saturated rings. The Balaban J connectivity index is 1.57. The second-order valence-electron chi connectivity index (χ2n) is 9.13. The summed E-state index contributed by atoms with van der Waals surface area (Å²) < 4.78 is 29.7. The summed E-state index contributed by atoms with van der Waals surface area (Å²) in [6.07, 6.45) is 3.64. The first kappa shape index (κ1) is 24.4. The van der Waals surface area contributed by atoms with Crippen LogP contribution in [0.25, 0.3) is 10.8 Å². The summed E-state index contributed by atoms with van der Waals surface area (Å²) in [6.45, 7) is 5.04. The Kier molecular flexibility index (Phi) is 7.36. The van der Waals surface area contributed by atoms with E-state index in [9.17, 15) is 13.2 Å². The summed E-state index contributed by atoms with van der Waals surface area (Å²) in [5, 5.41) is 4.25. The summed E-state index contributed by atoms with van der Waals surface area (Å²) in [5.41, 5.74) is 2.06. The van der Waals surface area contributed by atoms with Gasteiger partial charge in [-0.1, -0.05) is 49.4 Å². The highest BCUT2D eigenvalue weighted by atomic mass is 32.2. The number of fused-ring (bicyclic) bond motifs is 1. The van der Waals surface area contributed by atoms with E-state index >= 15 is 0 Å². The van der Waals surface area contributed by atoms with Crippen molar-refractivity contribution in [2.24, 2.45) is 0 Å². The summed E-state index contributed by atoms with van der Waals surface area (Å²) in [4.78, 5) is 15.5. The zero-order valence-corrected chi connectivity index (χ0v) is 20.9. The normalized spacial score (nSPS) is 18.8. The molecule has 0 radical (unpaired) electrons. The lowest BCUT2D eigenvalue weighted by Crippen LogP contribution is -2.42. The first-order valence-corrected chi connectivity index (χ1v) is 13.4. The number of nitrogens with zero attached hydrogens (tertiary/aromatic N) is 1. The van der Waals surface area contributed by atoms with Gasteiger partial charge in [-0.15, -0.1) is 0 Å². The van der Waals surface area contributed by atoms with E-state index in [2.05, 4.69) is 28.9 Å². The van der Waals surface area contributed by atoms with E-state index in [1.54, 1.807) is 24.3 Å². The van der Waals surface area contributed by atoms with Crippen molar-refractivity contribution < 1.29 is 13.2 Å². The number of anilines is 1. The predicted octanol–water partition coefficient (Wildman–Crippen LogP) is 4.94. The standard InChI is InChI=1S/C27H33N3O3S/c1-4-30(3)21-15-13-20(14-16-21)29-34(32,33)26-18-17-25(23-11-7-8-12-24(23)26)28-27(31)22-10-6-5-9-19(22)2/h5-12,17-18,20-21,29H,4,13-16H2,1-3H3,(H,28,31). The number of benzene rings is 3. The number of hydrogen-bond donors (Lipinski definition) is 2. The van der Waals surface area contributed by atoms with Gasteiger partial charge in [0.15, 0.2) is 0 Å². The Morgan fingerprint density at radius 3 is 2.26 bits per heavy atom. The lowest BCUT2D eigenvalue weighted by molar-refractivity contribution is 0.102. The van der Waals surface area contributed by atoms with Gasteiger partial charge in [-0.2, -0.15) is 0 Å². The van der Waals surface area contributed by atoms with Crippen molar-refractivity contribution >= 4 is 32.4 Å². The van der Waals surface area contributed by atoms with E-state index in [1.165, 1.54) is 0 Å². The number of carbonyl (C=O) groups is 1. The molecule has 0 bridgehead atoms. The molecule has 4 rings (SSSR count). The van der Waals surface area contributed by atoms with Crippen LogP contribution in [0.2, 0.25) is 0 Å². The molecule has 0 aliphatic heterocycles. The highest BCUT2D eigenvalue weighted by Gasteiger charge is 2.28. The molecular formula is C27H33N3O3S. The quantitative estimate of drug-likeness (QED) is 0.503. The molecule has 180 valence electrons. The molecule has 2 N–H and O–H groups in total. The summed E-state index contributed by atoms with van der Waals surface area (Å²) >= 11 is 0. The van der Waals surface area contributed by atoms with Crippen LogP contribution in [0.4, 0.5) is 5.69 Å². The van der Waals surface area contributed by atoms with Crippen LogP contribution in [0.1, 0.15) is 48.5 Å². The van der Waals surface area contributed by atoms with Crippen LogP contribution in [-0.2, 0) is 10.0 Å². The minimum atomic E-state index is -3.71. The maximum atomic E-state index is 13.4. The van der Waals surface area contributed by atoms with Crippen LogP contribution in [-0.4, -0.2) is 44.9 Å². The van der Waals surface area contributed by atoms with Gasteiger partial charge in [-0.25, -0.2) is 13.1 Å². The van der Waals surface area contributed by atoms with E-state index in [1.807, 2.05) is 43.3 Å². The van der Waals surface area contributed by atoms with Crippen LogP contribution in [0.15, 0.2) is 65.6 Å². The van der Waals surface area contributed by atoms with Gasteiger partial charge in [0.2, 0.25) is 10.0 Å². The molecule has 6 nitrogen and oxygen atoms in total. The molecule has 0 heterocycles. The van der Waals surface area contributed by atoms with E-state index in [-0.39, 0.29) is 16.8 Å². The topological polar surface area (TPSA) is 78.5 Å². The predicted molar refractivity (Wildman–Crippen MR) is 138 cm³/mol. The van der Waals surface area contributed by atoms with Crippen molar-refractivity contribution in [2.75, 3.05) is 18.9 Å². The summed E-state index contributed by atoms with van der Waals surface area (Å²) in [6, 6.07) is 18.4. The zero-order chi connectivity index (χ0) is 24.3. The van der Waals surface area contributed by atoms with Gasteiger partial charge in [0, 0.05) is 34.1 Å². The summed E-state index contributed by atoms with van der Waals surface area (Å²) in [7, 11) is -1.58. The molecule has 1 amide bonds. The molecule has 0 spiro atoms. The highest BCUT2D eigenvalue weighted by Crippen LogP contribution is 2.31. The lowest BCUT2D eigenvalue weighted by Gasteiger charge is -2.34. The van der Waals surface area contributed by atoms with Gasteiger partial charge in [-0.3, -0.25) is 4.79 Å². The minimum Gasteiger partial charge on any atom is -0.321 e. The van der Waals surface area contributed by atoms with Crippen molar-refractivity contribution in [1.82, 2.24) is 9.62 Å². The van der Waals surface area contributed by atoms with E-state index < -0.39 is 10.0 Å². The molecule has 1 aliphatic rings. The molecule has 0 saturated heterocycles. The SMILES string of the molecule is CCN(C)C1CCC(NS(=O)(=O)c2ccc(NC(=O)c3ccccc3C)c3ccccc23)CC1. The van der Waals surface area contributed by atoms with Crippen molar-refractivity contribution in [3.63, 3.8) is 0 Å². The molecule has 0 unspecified atom stereocenters. The molecule has 3 aromatic carbocycles. The largest absolute Gasteiger partial charge is 0.321 e. The number of nitrogens with one attached hydrogen (secondary N) is 2. The summed E-state index contributed by atoms with van der Waals surface area (Å²) in [5.74, 6) is -0.217. The fourth-order valence-corrected chi connectivity index (χ4v) is 6.32. The number of aryl methyl sites for hydroxylation is 1. The zero-order valence-electron chi connectivity index (χ0n) is 20.0. The van der Waals surface area contributed by atoms with Crippen LogP contribution < -0.4 is 10.0 Å². The molecule has 7 heteroatoms. The van der Waals surface area contributed by atoms with Crippen molar-refractivity contribution in [1.29, 1.82) is 0 Å². The number of sulfonamides is 1. The Hall–Kier alpha value is -2.74. The molecule has 0 aromatic heterocycles. The van der Waals surface area contributed by atoms with Crippen molar-refractivity contribution in [2.45, 2.75) is 56.5 Å². The molecule has 1 aliphatic carbocycles. The average molecular weight is 480 g/mol. The van der Waals surface area contributed by atoms with Gasteiger partial charge in [0.25, 0.3) is 5.91 Å². The second-order valence-corrected chi connectivity index (χ2v) is 10.8. The Labute approximate surface area is 202 Å². The number of carbonyl (C=O) groups excluding carboxylic acids is 1. The van der Waals surface area contributed by atoms with Crippen LogP contribution in [0.3, 0.4) is 0 Å². The van der Waals surface area contributed by atoms with Gasteiger partial charge in [-0.05, 0) is 70.0 Å². The Morgan fingerprint density at radius 2 is 1.59 bits per heavy atom. The van der Waals surface area contributed by atoms with Crippen LogP contribution >= 0.6 is 0 Å². The number of hydrogen-bond acceptors (Lipinski definition) is 4. The smallest absolute Gasteiger partial charge is 0.255 e. The van der Waals surface area contributed by atoms with Crippen molar-refractivity contribution in [3.8, 4) is 0 Å². The second kappa shape index (κ2) is 10.3. The average Bonchev–Trinajstić information content (AvgIpc) is 2.84. The third-order valence-electron chi connectivity index (χ3n) is 6.95.